The number of para-hydroxylation sites is 1. The molecule has 0 aliphatic rings. The zero-order valence-electron chi connectivity index (χ0n) is 20.7. The van der Waals surface area contributed by atoms with Crippen LogP contribution in [0.1, 0.15) is 5.56 Å². The van der Waals surface area contributed by atoms with Crippen LogP contribution in [0.25, 0.3) is 22.3 Å². The Morgan fingerprint density at radius 1 is 1.02 bits per heavy atom. The molecule has 0 unspecified atom stereocenters. The fourth-order valence-electron chi connectivity index (χ4n) is 3.91. The number of hydrogen-bond acceptors (Lipinski definition) is 7. The SMILES string of the molecule is O=C(COc1ccc([N+](=O)[O-])cc1C=Nn1c(-c2ccccc2)nc2ccccc2c1=O)Nc1cccc(F)c1. The fourth-order valence-corrected chi connectivity index (χ4v) is 3.91. The lowest BCUT2D eigenvalue weighted by molar-refractivity contribution is -0.384. The number of nitrogens with one attached hydrogen (secondary N) is 1. The van der Waals surface area contributed by atoms with Gasteiger partial charge in [0.25, 0.3) is 17.2 Å². The summed E-state index contributed by atoms with van der Waals surface area (Å²) in [5.41, 5.74) is 0.824. The van der Waals surface area contributed by atoms with Crippen LogP contribution in [0.5, 0.6) is 5.75 Å². The molecule has 0 aliphatic carbocycles. The van der Waals surface area contributed by atoms with Crippen molar-refractivity contribution < 1.29 is 18.8 Å². The van der Waals surface area contributed by atoms with Crippen molar-refractivity contribution in [3.63, 3.8) is 0 Å². The molecule has 40 heavy (non-hydrogen) atoms. The summed E-state index contributed by atoms with van der Waals surface area (Å²) in [5.74, 6) is -0.719. The number of nitrogens with zero attached hydrogens (tertiary/aromatic N) is 4. The van der Waals surface area contributed by atoms with Gasteiger partial charge in [0.15, 0.2) is 12.4 Å². The summed E-state index contributed by atoms with van der Waals surface area (Å²) in [6.45, 7) is -0.470. The van der Waals surface area contributed by atoms with Crippen molar-refractivity contribution in [3.05, 3.63) is 129 Å². The number of hydrogen-bond donors (Lipinski definition) is 1. The van der Waals surface area contributed by atoms with Crippen molar-refractivity contribution in [1.82, 2.24) is 9.66 Å². The Morgan fingerprint density at radius 3 is 2.58 bits per heavy atom. The van der Waals surface area contributed by atoms with Crippen molar-refractivity contribution in [1.29, 1.82) is 0 Å². The lowest BCUT2D eigenvalue weighted by Gasteiger charge is -2.11. The predicted molar refractivity (Wildman–Crippen MR) is 148 cm³/mol. The second-order valence-electron chi connectivity index (χ2n) is 8.51. The molecule has 10 nitrogen and oxygen atoms in total. The number of anilines is 1. The maximum Gasteiger partial charge on any atom is 0.282 e. The average Bonchev–Trinajstić information content (AvgIpc) is 2.96. The number of aromatic nitrogens is 2. The molecular weight excluding hydrogens is 517 g/mol. The van der Waals surface area contributed by atoms with Gasteiger partial charge in [-0.1, -0.05) is 48.5 Å². The second kappa shape index (κ2) is 11.4. The van der Waals surface area contributed by atoms with E-state index in [0.29, 0.717) is 16.5 Å². The molecule has 4 aromatic carbocycles. The number of carbonyl (C=O) groups is 1. The minimum Gasteiger partial charge on any atom is -0.483 e. The van der Waals surface area contributed by atoms with Crippen molar-refractivity contribution in [2.45, 2.75) is 0 Å². The Labute approximate surface area is 226 Å². The van der Waals surface area contributed by atoms with E-state index in [0.717, 1.165) is 10.7 Å². The molecule has 1 heterocycles. The summed E-state index contributed by atoms with van der Waals surface area (Å²) in [7, 11) is 0. The number of rotatable bonds is 8. The van der Waals surface area contributed by atoms with E-state index < -0.39 is 28.8 Å². The molecule has 5 rings (SSSR count). The summed E-state index contributed by atoms with van der Waals surface area (Å²) >= 11 is 0. The zero-order valence-corrected chi connectivity index (χ0v) is 20.7. The molecule has 0 aliphatic heterocycles. The molecule has 198 valence electrons. The van der Waals surface area contributed by atoms with Gasteiger partial charge in [-0.2, -0.15) is 9.78 Å². The van der Waals surface area contributed by atoms with Gasteiger partial charge in [-0.3, -0.25) is 19.7 Å². The van der Waals surface area contributed by atoms with Crippen LogP contribution in [0.15, 0.2) is 107 Å². The Bertz CT molecular complexity index is 1820. The van der Waals surface area contributed by atoms with Gasteiger partial charge in [-0.05, 0) is 36.4 Å². The first kappa shape index (κ1) is 25.9. The van der Waals surface area contributed by atoms with E-state index in [9.17, 15) is 24.1 Å². The number of carbonyl (C=O) groups excluding carboxylic acids is 1. The van der Waals surface area contributed by atoms with Gasteiger partial charge in [-0.15, -0.1) is 0 Å². The first-order valence-electron chi connectivity index (χ1n) is 12.0. The second-order valence-corrected chi connectivity index (χ2v) is 8.51. The Hall–Kier alpha value is -5.71. The molecule has 0 spiro atoms. The number of ether oxygens (including phenoxy) is 1. The Balaban J connectivity index is 1.50. The minimum atomic E-state index is -0.586. The van der Waals surface area contributed by atoms with E-state index in [2.05, 4.69) is 15.4 Å². The molecule has 11 heteroatoms. The molecule has 0 saturated heterocycles. The lowest BCUT2D eigenvalue weighted by Crippen LogP contribution is -2.21. The smallest absolute Gasteiger partial charge is 0.282 e. The van der Waals surface area contributed by atoms with Gasteiger partial charge in [0.2, 0.25) is 0 Å². The standard InChI is InChI=1S/C29H20FN5O5/c30-21-9-6-10-22(16-21)32-27(36)18-40-26-14-13-23(35(38)39)15-20(26)17-31-34-28(19-7-2-1-3-8-19)33-25-12-5-4-11-24(25)29(34)37/h1-17H,18H2,(H,32,36). The summed E-state index contributed by atoms with van der Waals surface area (Å²) < 4.78 is 20.1. The number of non-ortho nitro benzene ring substituents is 1. The molecule has 1 aromatic heterocycles. The predicted octanol–water partition coefficient (Wildman–Crippen LogP) is 5.01. The highest BCUT2D eigenvalue weighted by Gasteiger charge is 2.15. The first-order chi connectivity index (χ1) is 19.4. The van der Waals surface area contributed by atoms with E-state index in [1.807, 2.05) is 6.07 Å². The van der Waals surface area contributed by atoms with Gasteiger partial charge in [0.05, 0.1) is 22.0 Å². The van der Waals surface area contributed by atoms with E-state index in [-0.39, 0.29) is 28.5 Å². The molecule has 0 radical (unpaired) electrons. The number of fused-ring (bicyclic) bond motifs is 1. The first-order valence-corrected chi connectivity index (χ1v) is 12.0. The molecule has 0 fully saturated rings. The minimum absolute atomic E-state index is 0.104. The van der Waals surface area contributed by atoms with Gasteiger partial charge >= 0.3 is 0 Å². The molecule has 0 bridgehead atoms. The van der Waals surface area contributed by atoms with Crippen LogP contribution in [0, 0.1) is 15.9 Å². The molecule has 1 amide bonds. The van der Waals surface area contributed by atoms with Crippen LogP contribution in [0.3, 0.4) is 0 Å². The monoisotopic (exact) mass is 537 g/mol. The van der Waals surface area contributed by atoms with E-state index in [1.54, 1.807) is 48.5 Å². The third-order valence-electron chi connectivity index (χ3n) is 5.77. The molecule has 5 aromatic rings. The van der Waals surface area contributed by atoms with Crippen LogP contribution in [0.4, 0.5) is 15.8 Å². The van der Waals surface area contributed by atoms with E-state index in [1.165, 1.54) is 42.6 Å². The van der Waals surface area contributed by atoms with Crippen molar-refractivity contribution in [2.75, 3.05) is 11.9 Å². The van der Waals surface area contributed by atoms with Crippen molar-refractivity contribution in [2.24, 2.45) is 5.10 Å². The van der Waals surface area contributed by atoms with Crippen LogP contribution in [-0.2, 0) is 4.79 Å². The van der Waals surface area contributed by atoms with Crippen LogP contribution < -0.4 is 15.6 Å². The van der Waals surface area contributed by atoms with Crippen molar-refractivity contribution >= 4 is 34.4 Å². The average molecular weight is 538 g/mol. The third-order valence-corrected chi connectivity index (χ3v) is 5.77. The quantitative estimate of drug-likeness (QED) is 0.168. The molecule has 0 saturated carbocycles. The highest BCUT2D eigenvalue weighted by atomic mass is 19.1. The van der Waals surface area contributed by atoms with E-state index in [4.69, 9.17) is 4.74 Å². The maximum absolute atomic E-state index is 13.4. The van der Waals surface area contributed by atoms with Crippen LogP contribution in [-0.4, -0.2) is 33.3 Å². The fraction of sp³-hybridized carbons (Fsp3) is 0.0345. The highest BCUT2D eigenvalue weighted by molar-refractivity contribution is 5.92. The van der Waals surface area contributed by atoms with Gasteiger partial charge in [0, 0.05) is 28.9 Å². The number of nitro groups is 1. The van der Waals surface area contributed by atoms with Crippen LogP contribution in [0.2, 0.25) is 0 Å². The number of nitro benzene ring substituents is 1. The topological polar surface area (TPSA) is 129 Å². The number of benzene rings is 4. The summed E-state index contributed by atoms with van der Waals surface area (Å²) in [5, 5.41) is 18.6. The molecule has 0 atom stereocenters. The molecule has 1 N–H and O–H groups in total. The zero-order chi connectivity index (χ0) is 28.1. The summed E-state index contributed by atoms with van der Waals surface area (Å²) in [6.07, 6.45) is 1.23. The normalized spacial score (nSPS) is 11.0. The Morgan fingerprint density at radius 2 is 1.80 bits per heavy atom. The van der Waals surface area contributed by atoms with Crippen LogP contribution >= 0.6 is 0 Å². The molecular formula is C29H20FN5O5. The summed E-state index contributed by atoms with van der Waals surface area (Å²) in [6, 6.07) is 24.9. The number of amides is 1. The Kier molecular flexibility index (Phi) is 7.36. The van der Waals surface area contributed by atoms with Gasteiger partial charge in [-0.25, -0.2) is 9.37 Å². The summed E-state index contributed by atoms with van der Waals surface area (Å²) in [4.78, 5) is 41.3. The number of halogens is 1. The van der Waals surface area contributed by atoms with E-state index >= 15 is 0 Å². The highest BCUT2D eigenvalue weighted by Crippen LogP contribution is 2.24. The largest absolute Gasteiger partial charge is 0.483 e. The van der Waals surface area contributed by atoms with Crippen molar-refractivity contribution in [3.8, 4) is 17.1 Å². The third kappa shape index (κ3) is 5.73. The maximum atomic E-state index is 13.4. The van der Waals surface area contributed by atoms with Gasteiger partial charge < -0.3 is 10.1 Å². The van der Waals surface area contributed by atoms with Gasteiger partial charge in [0.1, 0.15) is 11.6 Å². The lowest BCUT2D eigenvalue weighted by atomic mass is 10.2.